The zero-order chi connectivity index (χ0) is 20.9. The Morgan fingerprint density at radius 1 is 0.833 bits per heavy atom. The van der Waals surface area contributed by atoms with Crippen LogP contribution in [-0.2, 0) is 0 Å². The summed E-state index contributed by atoms with van der Waals surface area (Å²) in [6.07, 6.45) is 6.04. The highest BCUT2D eigenvalue weighted by atomic mass is 35.5. The lowest BCUT2D eigenvalue weighted by Gasteiger charge is -2.22. The average Bonchev–Trinajstić information content (AvgIpc) is 2.79. The Bertz CT molecular complexity index is 1070. The molecule has 5 heteroatoms. The summed E-state index contributed by atoms with van der Waals surface area (Å²) in [5.41, 5.74) is 1.27. The molecule has 1 aliphatic rings. The third kappa shape index (κ3) is 4.49. The molecule has 4 nitrogen and oxygen atoms in total. The van der Waals surface area contributed by atoms with Crippen molar-refractivity contribution < 1.29 is 9.59 Å². The van der Waals surface area contributed by atoms with E-state index < -0.39 is 0 Å². The Morgan fingerprint density at radius 3 is 2.37 bits per heavy atom. The van der Waals surface area contributed by atoms with Gasteiger partial charge in [-0.05, 0) is 47.7 Å². The number of carbonyl (C=O) groups is 2. The molecular formula is C25H25ClN2O2. The molecule has 4 rings (SSSR count). The number of para-hydroxylation sites is 1. The maximum Gasteiger partial charge on any atom is 0.256 e. The molecule has 1 fully saturated rings. The molecule has 0 atom stereocenters. The first-order valence-electron chi connectivity index (χ1n) is 10.5. The lowest BCUT2D eigenvalue weighted by atomic mass is 9.89. The Kier molecular flexibility index (Phi) is 6.34. The van der Waals surface area contributed by atoms with Gasteiger partial charge < -0.3 is 10.6 Å². The second kappa shape index (κ2) is 9.31. The Labute approximate surface area is 181 Å². The van der Waals surface area contributed by atoms with E-state index in [-0.39, 0.29) is 11.8 Å². The third-order valence-electron chi connectivity index (χ3n) is 5.81. The van der Waals surface area contributed by atoms with Crippen molar-refractivity contribution in [3.8, 4) is 0 Å². The molecule has 0 heterocycles. The van der Waals surface area contributed by atoms with Gasteiger partial charge in [-0.2, -0.15) is 0 Å². The molecule has 1 aliphatic carbocycles. The minimum absolute atomic E-state index is 0.212. The molecule has 0 aromatic heterocycles. The standard InChI is InChI=1S/C25H25ClN2O2/c26-22-15-7-14-21(24(29)27-16-17-8-2-1-3-9-17)23(22)28-25(30)20-13-6-11-18-10-4-5-12-19(18)20/h4-7,10-15,17H,1-3,8-9,16H2,(H,27,29)(H,28,30). The lowest BCUT2D eigenvalue weighted by molar-refractivity contribution is 0.0944. The van der Waals surface area contributed by atoms with Crippen LogP contribution in [0.15, 0.2) is 60.7 Å². The van der Waals surface area contributed by atoms with Gasteiger partial charge in [-0.1, -0.05) is 73.3 Å². The van der Waals surface area contributed by atoms with Gasteiger partial charge in [-0.25, -0.2) is 0 Å². The molecule has 0 aliphatic heterocycles. The van der Waals surface area contributed by atoms with Gasteiger partial charge >= 0.3 is 0 Å². The molecule has 3 aromatic rings. The van der Waals surface area contributed by atoms with E-state index in [0.717, 1.165) is 23.6 Å². The van der Waals surface area contributed by atoms with Gasteiger partial charge in [0.25, 0.3) is 11.8 Å². The fourth-order valence-corrected chi connectivity index (χ4v) is 4.39. The fourth-order valence-electron chi connectivity index (χ4n) is 4.17. The summed E-state index contributed by atoms with van der Waals surface area (Å²) in [7, 11) is 0. The molecule has 1 saturated carbocycles. The number of benzene rings is 3. The van der Waals surface area contributed by atoms with Crippen LogP contribution < -0.4 is 10.6 Å². The first-order chi connectivity index (χ1) is 14.6. The Balaban J connectivity index is 1.55. The summed E-state index contributed by atoms with van der Waals surface area (Å²) in [6, 6.07) is 18.4. The van der Waals surface area contributed by atoms with Crippen LogP contribution in [-0.4, -0.2) is 18.4 Å². The van der Waals surface area contributed by atoms with Crippen LogP contribution >= 0.6 is 11.6 Å². The number of hydrogen-bond donors (Lipinski definition) is 2. The van der Waals surface area contributed by atoms with Crippen molar-refractivity contribution in [2.45, 2.75) is 32.1 Å². The molecule has 30 heavy (non-hydrogen) atoms. The molecule has 2 N–H and O–H groups in total. The van der Waals surface area contributed by atoms with E-state index in [4.69, 9.17) is 11.6 Å². The van der Waals surface area contributed by atoms with Crippen molar-refractivity contribution in [1.29, 1.82) is 0 Å². The van der Waals surface area contributed by atoms with Crippen molar-refractivity contribution in [2.24, 2.45) is 5.92 Å². The molecule has 0 radical (unpaired) electrons. The maximum atomic E-state index is 13.1. The van der Waals surface area contributed by atoms with Crippen LogP contribution in [0, 0.1) is 5.92 Å². The zero-order valence-electron chi connectivity index (χ0n) is 16.8. The molecule has 2 amide bonds. The molecule has 0 spiro atoms. The van der Waals surface area contributed by atoms with Crippen molar-refractivity contribution >= 4 is 39.9 Å². The summed E-state index contributed by atoms with van der Waals surface area (Å²) in [6.45, 7) is 0.655. The number of halogens is 1. The van der Waals surface area contributed by atoms with Crippen LogP contribution in [0.2, 0.25) is 5.02 Å². The molecular weight excluding hydrogens is 396 g/mol. The topological polar surface area (TPSA) is 58.2 Å². The largest absolute Gasteiger partial charge is 0.352 e. The Hall–Kier alpha value is -2.85. The molecule has 0 unspecified atom stereocenters. The highest BCUT2D eigenvalue weighted by Gasteiger charge is 2.20. The fraction of sp³-hybridized carbons (Fsp3) is 0.280. The first kappa shape index (κ1) is 20.4. The quantitative estimate of drug-likeness (QED) is 0.527. The predicted octanol–water partition coefficient (Wildman–Crippen LogP) is 6.06. The molecule has 0 saturated heterocycles. The van der Waals surface area contributed by atoms with E-state index in [2.05, 4.69) is 10.6 Å². The normalized spacial score (nSPS) is 14.4. The van der Waals surface area contributed by atoms with E-state index >= 15 is 0 Å². The minimum Gasteiger partial charge on any atom is -0.352 e. The predicted molar refractivity (Wildman–Crippen MR) is 122 cm³/mol. The van der Waals surface area contributed by atoms with Gasteiger partial charge in [0, 0.05) is 12.1 Å². The highest BCUT2D eigenvalue weighted by Crippen LogP contribution is 2.28. The number of fused-ring (bicyclic) bond motifs is 1. The number of carbonyl (C=O) groups excluding carboxylic acids is 2. The number of rotatable bonds is 5. The number of amides is 2. The van der Waals surface area contributed by atoms with E-state index in [1.54, 1.807) is 24.3 Å². The summed E-state index contributed by atoms with van der Waals surface area (Å²) < 4.78 is 0. The van der Waals surface area contributed by atoms with Crippen molar-refractivity contribution in [3.63, 3.8) is 0 Å². The number of nitrogens with one attached hydrogen (secondary N) is 2. The monoisotopic (exact) mass is 420 g/mol. The van der Waals surface area contributed by atoms with Gasteiger partial charge in [0.05, 0.1) is 16.3 Å². The summed E-state index contributed by atoms with van der Waals surface area (Å²) in [5, 5.41) is 8.08. The average molecular weight is 421 g/mol. The van der Waals surface area contributed by atoms with E-state index in [1.807, 2.05) is 36.4 Å². The van der Waals surface area contributed by atoms with Gasteiger partial charge in [0.1, 0.15) is 0 Å². The molecule has 3 aromatic carbocycles. The van der Waals surface area contributed by atoms with E-state index in [0.29, 0.717) is 34.3 Å². The van der Waals surface area contributed by atoms with Gasteiger partial charge in [-0.3, -0.25) is 9.59 Å². The smallest absolute Gasteiger partial charge is 0.256 e. The first-order valence-corrected chi connectivity index (χ1v) is 10.9. The summed E-state index contributed by atoms with van der Waals surface area (Å²) in [4.78, 5) is 25.9. The van der Waals surface area contributed by atoms with Gasteiger partial charge in [-0.15, -0.1) is 0 Å². The second-order valence-corrected chi connectivity index (χ2v) is 8.26. The number of anilines is 1. The van der Waals surface area contributed by atoms with E-state index in [1.165, 1.54) is 19.3 Å². The van der Waals surface area contributed by atoms with Gasteiger partial charge in [0.2, 0.25) is 0 Å². The molecule has 154 valence electrons. The van der Waals surface area contributed by atoms with Crippen molar-refractivity contribution in [3.05, 3.63) is 76.8 Å². The van der Waals surface area contributed by atoms with Crippen LogP contribution in [0.1, 0.15) is 52.8 Å². The summed E-state index contributed by atoms with van der Waals surface area (Å²) in [5.74, 6) is 0.0214. The highest BCUT2D eigenvalue weighted by molar-refractivity contribution is 6.35. The second-order valence-electron chi connectivity index (χ2n) is 7.86. The van der Waals surface area contributed by atoms with Crippen LogP contribution in [0.5, 0.6) is 0 Å². The minimum atomic E-state index is -0.291. The van der Waals surface area contributed by atoms with Crippen molar-refractivity contribution in [1.82, 2.24) is 5.32 Å². The third-order valence-corrected chi connectivity index (χ3v) is 6.12. The van der Waals surface area contributed by atoms with Crippen LogP contribution in [0.4, 0.5) is 5.69 Å². The maximum absolute atomic E-state index is 13.1. The number of hydrogen-bond acceptors (Lipinski definition) is 2. The summed E-state index contributed by atoms with van der Waals surface area (Å²) >= 11 is 6.38. The van der Waals surface area contributed by atoms with Gasteiger partial charge in [0.15, 0.2) is 0 Å². The van der Waals surface area contributed by atoms with Crippen LogP contribution in [0.25, 0.3) is 10.8 Å². The van der Waals surface area contributed by atoms with Crippen LogP contribution in [0.3, 0.4) is 0 Å². The SMILES string of the molecule is O=C(NCC1CCCCC1)c1cccc(Cl)c1NC(=O)c1cccc2ccccc12. The Morgan fingerprint density at radius 2 is 1.53 bits per heavy atom. The zero-order valence-corrected chi connectivity index (χ0v) is 17.5. The lowest BCUT2D eigenvalue weighted by Crippen LogP contribution is -2.31. The van der Waals surface area contributed by atoms with E-state index in [9.17, 15) is 9.59 Å². The van der Waals surface area contributed by atoms with Crippen molar-refractivity contribution in [2.75, 3.05) is 11.9 Å². The molecule has 0 bridgehead atoms.